The summed E-state index contributed by atoms with van der Waals surface area (Å²) in [5.74, 6) is 1.12. The minimum absolute atomic E-state index is 0.692. The van der Waals surface area contributed by atoms with Crippen LogP contribution in [0.2, 0.25) is 0 Å². The van der Waals surface area contributed by atoms with Crippen molar-refractivity contribution in [3.63, 3.8) is 0 Å². The third-order valence-electron chi connectivity index (χ3n) is 3.75. The molecule has 1 N–H and O–H groups in total. The number of nitrogens with one attached hydrogen (secondary N) is 1. The first kappa shape index (κ1) is 13.6. The predicted octanol–water partition coefficient (Wildman–Crippen LogP) is 1.52. The van der Waals surface area contributed by atoms with E-state index < -0.39 is 0 Å². The summed E-state index contributed by atoms with van der Waals surface area (Å²) in [7, 11) is 4.33. The van der Waals surface area contributed by atoms with Crippen molar-refractivity contribution in [2.24, 2.45) is 0 Å². The van der Waals surface area contributed by atoms with Gasteiger partial charge in [0.2, 0.25) is 0 Å². The monoisotopic (exact) mass is 251 g/mol. The van der Waals surface area contributed by atoms with E-state index >= 15 is 0 Å². The number of likely N-dealkylation sites (tertiary alicyclic amines) is 1. The SMILES string of the molecule is CCNCc1ccoc1CN1CCC(N(C)C)C1. The number of nitrogens with zero attached hydrogens (tertiary/aromatic N) is 2. The van der Waals surface area contributed by atoms with Crippen molar-refractivity contribution < 1.29 is 4.42 Å². The summed E-state index contributed by atoms with van der Waals surface area (Å²) in [5, 5.41) is 3.36. The largest absolute Gasteiger partial charge is 0.468 e. The van der Waals surface area contributed by atoms with Crippen LogP contribution >= 0.6 is 0 Å². The van der Waals surface area contributed by atoms with Gasteiger partial charge in [0, 0.05) is 31.2 Å². The van der Waals surface area contributed by atoms with E-state index in [1.165, 1.54) is 18.5 Å². The fraction of sp³-hybridized carbons (Fsp3) is 0.714. The van der Waals surface area contributed by atoms with Crippen LogP contribution in [0, 0.1) is 0 Å². The van der Waals surface area contributed by atoms with Crippen LogP contribution in [0.1, 0.15) is 24.7 Å². The molecule has 4 nitrogen and oxygen atoms in total. The first-order chi connectivity index (χ1) is 8.70. The third-order valence-corrected chi connectivity index (χ3v) is 3.75. The summed E-state index contributed by atoms with van der Waals surface area (Å²) in [6, 6.07) is 2.77. The van der Waals surface area contributed by atoms with Gasteiger partial charge in [-0.1, -0.05) is 6.92 Å². The predicted molar refractivity (Wildman–Crippen MR) is 73.5 cm³/mol. The highest BCUT2D eigenvalue weighted by Gasteiger charge is 2.25. The average molecular weight is 251 g/mol. The molecule has 0 aromatic carbocycles. The van der Waals surface area contributed by atoms with Crippen LogP contribution in [-0.2, 0) is 13.1 Å². The molecule has 1 aromatic heterocycles. The lowest BCUT2D eigenvalue weighted by Crippen LogP contribution is -2.31. The minimum atomic E-state index is 0.692. The first-order valence-electron chi connectivity index (χ1n) is 6.85. The molecule has 1 aliphatic heterocycles. The van der Waals surface area contributed by atoms with Crippen LogP contribution < -0.4 is 5.32 Å². The fourth-order valence-electron chi connectivity index (χ4n) is 2.50. The lowest BCUT2D eigenvalue weighted by Gasteiger charge is -2.20. The van der Waals surface area contributed by atoms with Gasteiger partial charge < -0.3 is 14.6 Å². The molecule has 1 fully saturated rings. The Balaban J connectivity index is 1.88. The molecule has 4 heteroatoms. The number of furan rings is 1. The fourth-order valence-corrected chi connectivity index (χ4v) is 2.50. The zero-order chi connectivity index (χ0) is 13.0. The Hall–Kier alpha value is -0.840. The molecule has 0 radical (unpaired) electrons. The van der Waals surface area contributed by atoms with Crippen molar-refractivity contribution in [2.75, 3.05) is 33.7 Å². The van der Waals surface area contributed by atoms with Gasteiger partial charge in [-0.15, -0.1) is 0 Å². The van der Waals surface area contributed by atoms with Gasteiger partial charge in [-0.2, -0.15) is 0 Å². The van der Waals surface area contributed by atoms with E-state index in [9.17, 15) is 0 Å². The highest BCUT2D eigenvalue weighted by molar-refractivity contribution is 5.17. The van der Waals surface area contributed by atoms with E-state index in [0.717, 1.165) is 31.9 Å². The smallest absolute Gasteiger partial charge is 0.122 e. The zero-order valence-corrected chi connectivity index (χ0v) is 11.8. The molecular weight excluding hydrogens is 226 g/mol. The van der Waals surface area contributed by atoms with Gasteiger partial charge >= 0.3 is 0 Å². The summed E-state index contributed by atoms with van der Waals surface area (Å²) in [4.78, 5) is 4.81. The highest BCUT2D eigenvalue weighted by atomic mass is 16.3. The molecule has 2 rings (SSSR count). The number of hydrogen-bond donors (Lipinski definition) is 1. The van der Waals surface area contributed by atoms with E-state index in [4.69, 9.17) is 4.42 Å². The van der Waals surface area contributed by atoms with Gasteiger partial charge in [0.25, 0.3) is 0 Å². The summed E-state index contributed by atoms with van der Waals surface area (Å²) in [6.07, 6.45) is 3.07. The molecule has 0 bridgehead atoms. The second-order valence-corrected chi connectivity index (χ2v) is 5.29. The molecule has 1 atom stereocenters. The van der Waals surface area contributed by atoms with Crippen LogP contribution in [0.4, 0.5) is 0 Å². The molecule has 1 aliphatic rings. The van der Waals surface area contributed by atoms with Crippen LogP contribution in [0.5, 0.6) is 0 Å². The molecule has 0 saturated carbocycles. The standard InChI is InChI=1S/C14H25N3O/c1-4-15-9-12-6-8-18-14(12)11-17-7-5-13(10-17)16(2)3/h6,8,13,15H,4-5,7,9-11H2,1-3H3. The number of hydrogen-bond acceptors (Lipinski definition) is 4. The van der Waals surface area contributed by atoms with Crippen molar-refractivity contribution in [2.45, 2.75) is 32.5 Å². The van der Waals surface area contributed by atoms with Crippen molar-refractivity contribution in [1.82, 2.24) is 15.1 Å². The van der Waals surface area contributed by atoms with Gasteiger partial charge in [-0.3, -0.25) is 4.90 Å². The van der Waals surface area contributed by atoms with Crippen molar-refractivity contribution in [1.29, 1.82) is 0 Å². The Bertz CT molecular complexity index is 362. The molecule has 0 aliphatic carbocycles. The van der Waals surface area contributed by atoms with Gasteiger partial charge in [0.1, 0.15) is 5.76 Å². The van der Waals surface area contributed by atoms with E-state index in [1.54, 1.807) is 0 Å². The topological polar surface area (TPSA) is 31.7 Å². The molecule has 102 valence electrons. The maximum absolute atomic E-state index is 5.62. The summed E-state index contributed by atoms with van der Waals surface area (Å²) >= 11 is 0. The molecule has 0 spiro atoms. The summed E-state index contributed by atoms with van der Waals surface area (Å²) in [5.41, 5.74) is 1.30. The number of rotatable bonds is 6. The zero-order valence-electron chi connectivity index (χ0n) is 11.8. The second kappa shape index (κ2) is 6.36. The van der Waals surface area contributed by atoms with Gasteiger partial charge in [0.15, 0.2) is 0 Å². The lowest BCUT2D eigenvalue weighted by atomic mass is 10.2. The van der Waals surface area contributed by atoms with Crippen LogP contribution in [0.25, 0.3) is 0 Å². The van der Waals surface area contributed by atoms with Gasteiger partial charge in [0.05, 0.1) is 12.8 Å². The second-order valence-electron chi connectivity index (χ2n) is 5.29. The molecule has 18 heavy (non-hydrogen) atoms. The molecule has 1 saturated heterocycles. The molecular formula is C14H25N3O. The van der Waals surface area contributed by atoms with Gasteiger partial charge in [-0.25, -0.2) is 0 Å². The Kier molecular flexibility index (Phi) is 4.80. The van der Waals surface area contributed by atoms with Crippen LogP contribution in [0.3, 0.4) is 0 Å². The van der Waals surface area contributed by atoms with Crippen LogP contribution in [0.15, 0.2) is 16.7 Å². The Labute approximate surface area is 110 Å². The maximum Gasteiger partial charge on any atom is 0.122 e. The molecule has 1 unspecified atom stereocenters. The Morgan fingerprint density at radius 2 is 2.33 bits per heavy atom. The summed E-state index contributed by atoms with van der Waals surface area (Å²) in [6.45, 7) is 7.29. The lowest BCUT2D eigenvalue weighted by molar-refractivity contribution is 0.251. The Morgan fingerprint density at radius 3 is 3.00 bits per heavy atom. The average Bonchev–Trinajstić information content (AvgIpc) is 2.96. The van der Waals surface area contributed by atoms with Crippen LogP contribution in [-0.4, -0.2) is 49.6 Å². The quantitative estimate of drug-likeness (QED) is 0.831. The normalized spacial score (nSPS) is 21.0. The molecule has 0 amide bonds. The maximum atomic E-state index is 5.62. The number of likely N-dealkylation sites (N-methyl/N-ethyl adjacent to an activating group) is 1. The van der Waals surface area contributed by atoms with E-state index in [0.29, 0.717) is 6.04 Å². The van der Waals surface area contributed by atoms with Crippen molar-refractivity contribution in [3.05, 3.63) is 23.7 Å². The van der Waals surface area contributed by atoms with Crippen molar-refractivity contribution >= 4 is 0 Å². The van der Waals surface area contributed by atoms with Gasteiger partial charge in [-0.05, 0) is 33.1 Å². The highest BCUT2D eigenvalue weighted by Crippen LogP contribution is 2.19. The van der Waals surface area contributed by atoms with E-state index in [2.05, 4.69) is 42.2 Å². The third kappa shape index (κ3) is 3.34. The molecule has 2 heterocycles. The van der Waals surface area contributed by atoms with E-state index in [-0.39, 0.29) is 0 Å². The molecule has 1 aromatic rings. The minimum Gasteiger partial charge on any atom is -0.468 e. The first-order valence-corrected chi connectivity index (χ1v) is 6.85. The van der Waals surface area contributed by atoms with E-state index in [1.807, 2.05) is 6.26 Å². The Morgan fingerprint density at radius 1 is 1.50 bits per heavy atom. The van der Waals surface area contributed by atoms with Crippen molar-refractivity contribution in [3.8, 4) is 0 Å². The summed E-state index contributed by atoms with van der Waals surface area (Å²) < 4.78 is 5.62.